The fourth-order valence-electron chi connectivity index (χ4n) is 2.46. The standard InChI is InChI=1S/C18H13N3O3/c22-13-7-6-12(14(23)10-13)11-19-18-17(15-4-3-9-24-15)20-16-5-1-2-8-21(16)18/h1-11,22-23H. The molecule has 0 saturated carbocycles. The molecule has 0 bridgehead atoms. The van der Waals surface area contributed by atoms with Crippen molar-refractivity contribution < 1.29 is 14.6 Å². The second-order valence-electron chi connectivity index (χ2n) is 5.19. The number of imidazole rings is 1. The van der Waals surface area contributed by atoms with E-state index >= 15 is 0 Å². The topological polar surface area (TPSA) is 83.3 Å². The number of rotatable bonds is 3. The molecule has 6 heteroatoms. The van der Waals surface area contributed by atoms with Crippen LogP contribution in [0, 0.1) is 0 Å². The van der Waals surface area contributed by atoms with Gasteiger partial charge in [0.05, 0.1) is 6.26 Å². The molecule has 0 aliphatic heterocycles. The third kappa shape index (κ3) is 2.40. The third-order valence-electron chi connectivity index (χ3n) is 3.60. The molecule has 3 aromatic heterocycles. The minimum absolute atomic E-state index is 0.00396. The predicted molar refractivity (Wildman–Crippen MR) is 89.9 cm³/mol. The van der Waals surface area contributed by atoms with Gasteiger partial charge in [-0.1, -0.05) is 6.07 Å². The van der Waals surface area contributed by atoms with Gasteiger partial charge in [-0.25, -0.2) is 9.98 Å². The van der Waals surface area contributed by atoms with E-state index in [1.807, 2.05) is 34.9 Å². The first-order chi connectivity index (χ1) is 11.7. The molecule has 3 heterocycles. The molecule has 4 aromatic rings. The number of aromatic hydroxyl groups is 2. The van der Waals surface area contributed by atoms with Gasteiger partial charge in [-0.2, -0.15) is 0 Å². The Morgan fingerprint density at radius 1 is 1.08 bits per heavy atom. The average Bonchev–Trinajstić information content (AvgIpc) is 3.21. The van der Waals surface area contributed by atoms with E-state index in [0.29, 0.717) is 22.8 Å². The summed E-state index contributed by atoms with van der Waals surface area (Å²) in [5.74, 6) is 1.15. The summed E-state index contributed by atoms with van der Waals surface area (Å²) in [5, 5.41) is 19.3. The highest BCUT2D eigenvalue weighted by atomic mass is 16.3. The van der Waals surface area contributed by atoms with Gasteiger partial charge in [-0.3, -0.25) is 4.40 Å². The molecule has 0 fully saturated rings. The van der Waals surface area contributed by atoms with E-state index < -0.39 is 0 Å². The number of aliphatic imine (C=N–C) groups is 1. The van der Waals surface area contributed by atoms with Gasteiger partial charge < -0.3 is 14.6 Å². The molecule has 0 unspecified atom stereocenters. The summed E-state index contributed by atoms with van der Waals surface area (Å²) < 4.78 is 7.29. The Balaban J connectivity index is 1.86. The highest BCUT2D eigenvalue weighted by molar-refractivity contribution is 5.87. The molecule has 1 aromatic carbocycles. The zero-order valence-corrected chi connectivity index (χ0v) is 12.5. The van der Waals surface area contributed by atoms with E-state index in [0.717, 1.165) is 5.65 Å². The normalized spacial score (nSPS) is 11.5. The maximum atomic E-state index is 9.89. The van der Waals surface area contributed by atoms with Gasteiger partial charge in [-0.05, 0) is 36.4 Å². The predicted octanol–water partition coefficient (Wildman–Crippen LogP) is 3.76. The molecule has 4 rings (SSSR count). The Kier molecular flexibility index (Phi) is 3.28. The van der Waals surface area contributed by atoms with Crippen molar-refractivity contribution in [2.24, 2.45) is 4.99 Å². The summed E-state index contributed by atoms with van der Waals surface area (Å²) in [6, 6.07) is 13.6. The molecule has 0 saturated heterocycles. The monoisotopic (exact) mass is 319 g/mol. The summed E-state index contributed by atoms with van der Waals surface area (Å²) in [6.07, 6.45) is 4.97. The smallest absolute Gasteiger partial charge is 0.168 e. The lowest BCUT2D eigenvalue weighted by Gasteiger charge is -2.00. The van der Waals surface area contributed by atoms with E-state index in [1.165, 1.54) is 18.3 Å². The highest BCUT2D eigenvalue weighted by Crippen LogP contribution is 2.31. The maximum absolute atomic E-state index is 9.89. The van der Waals surface area contributed by atoms with Gasteiger partial charge in [0.15, 0.2) is 17.3 Å². The van der Waals surface area contributed by atoms with Crippen molar-refractivity contribution in [1.29, 1.82) is 0 Å². The minimum atomic E-state index is -0.0490. The van der Waals surface area contributed by atoms with Crippen LogP contribution in [0.5, 0.6) is 11.5 Å². The van der Waals surface area contributed by atoms with Crippen LogP contribution in [0.3, 0.4) is 0 Å². The summed E-state index contributed by atoms with van der Waals surface area (Å²) in [7, 11) is 0. The van der Waals surface area contributed by atoms with Crippen LogP contribution in [-0.4, -0.2) is 25.8 Å². The van der Waals surface area contributed by atoms with E-state index in [-0.39, 0.29) is 11.5 Å². The van der Waals surface area contributed by atoms with Crippen molar-refractivity contribution in [2.75, 3.05) is 0 Å². The Bertz CT molecular complexity index is 1030. The fourth-order valence-corrected chi connectivity index (χ4v) is 2.46. The first kappa shape index (κ1) is 14.1. The molecule has 0 spiro atoms. The number of hydrogen-bond donors (Lipinski definition) is 2. The van der Waals surface area contributed by atoms with Crippen molar-refractivity contribution in [3.8, 4) is 23.0 Å². The first-order valence-corrected chi connectivity index (χ1v) is 7.29. The van der Waals surface area contributed by atoms with Crippen LogP contribution in [0.2, 0.25) is 0 Å². The van der Waals surface area contributed by atoms with Crippen molar-refractivity contribution in [2.45, 2.75) is 0 Å². The number of pyridine rings is 1. The van der Waals surface area contributed by atoms with Crippen LogP contribution in [0.1, 0.15) is 5.56 Å². The molecule has 0 amide bonds. The van der Waals surface area contributed by atoms with Crippen molar-refractivity contribution >= 4 is 17.7 Å². The molecule has 2 N–H and O–H groups in total. The number of phenols is 2. The van der Waals surface area contributed by atoms with Gasteiger partial charge in [0.1, 0.15) is 17.1 Å². The number of furan rings is 1. The van der Waals surface area contributed by atoms with E-state index in [4.69, 9.17) is 4.42 Å². The molecular weight excluding hydrogens is 306 g/mol. The van der Waals surface area contributed by atoms with Crippen molar-refractivity contribution in [1.82, 2.24) is 9.38 Å². The first-order valence-electron chi connectivity index (χ1n) is 7.29. The summed E-state index contributed by atoms with van der Waals surface area (Å²) in [4.78, 5) is 9.04. The summed E-state index contributed by atoms with van der Waals surface area (Å²) >= 11 is 0. The van der Waals surface area contributed by atoms with Gasteiger partial charge in [0.25, 0.3) is 0 Å². The lowest BCUT2D eigenvalue weighted by atomic mass is 10.2. The Hall–Kier alpha value is -3.54. The lowest BCUT2D eigenvalue weighted by molar-refractivity contribution is 0.450. The molecular formula is C18H13N3O3. The zero-order valence-electron chi connectivity index (χ0n) is 12.5. The largest absolute Gasteiger partial charge is 0.508 e. The minimum Gasteiger partial charge on any atom is -0.508 e. The SMILES string of the molecule is Oc1ccc(C=Nc2c(-c3ccco3)nc3ccccn23)c(O)c1. The van der Waals surface area contributed by atoms with Crippen LogP contribution in [0.25, 0.3) is 17.1 Å². The van der Waals surface area contributed by atoms with Gasteiger partial charge in [0.2, 0.25) is 0 Å². The number of aromatic nitrogens is 2. The second kappa shape index (κ2) is 5.58. The quantitative estimate of drug-likeness (QED) is 0.563. The summed E-state index contributed by atoms with van der Waals surface area (Å²) in [5.41, 5.74) is 1.84. The van der Waals surface area contributed by atoms with E-state index in [2.05, 4.69) is 9.98 Å². The Morgan fingerprint density at radius 3 is 2.79 bits per heavy atom. The third-order valence-corrected chi connectivity index (χ3v) is 3.60. The van der Waals surface area contributed by atoms with Crippen molar-refractivity contribution in [3.05, 3.63) is 66.6 Å². The van der Waals surface area contributed by atoms with Gasteiger partial charge in [-0.15, -0.1) is 0 Å². The van der Waals surface area contributed by atoms with Crippen LogP contribution >= 0.6 is 0 Å². The molecule has 0 aliphatic rings. The highest BCUT2D eigenvalue weighted by Gasteiger charge is 2.15. The molecule has 6 nitrogen and oxygen atoms in total. The lowest BCUT2D eigenvalue weighted by Crippen LogP contribution is -1.85. The Labute approximate surface area is 137 Å². The maximum Gasteiger partial charge on any atom is 0.168 e. The molecule has 0 atom stereocenters. The molecule has 118 valence electrons. The number of fused-ring (bicyclic) bond motifs is 1. The summed E-state index contributed by atoms with van der Waals surface area (Å²) in [6.45, 7) is 0. The fraction of sp³-hybridized carbons (Fsp3) is 0. The number of benzene rings is 1. The second-order valence-corrected chi connectivity index (χ2v) is 5.19. The van der Waals surface area contributed by atoms with E-state index in [9.17, 15) is 10.2 Å². The van der Waals surface area contributed by atoms with Gasteiger partial charge >= 0.3 is 0 Å². The zero-order chi connectivity index (χ0) is 16.5. The van der Waals surface area contributed by atoms with Gasteiger partial charge in [0, 0.05) is 24.0 Å². The van der Waals surface area contributed by atoms with Crippen molar-refractivity contribution in [3.63, 3.8) is 0 Å². The van der Waals surface area contributed by atoms with E-state index in [1.54, 1.807) is 18.4 Å². The number of hydrogen-bond acceptors (Lipinski definition) is 5. The van der Waals surface area contributed by atoms with Crippen LogP contribution in [0.15, 0.2) is 70.4 Å². The van der Waals surface area contributed by atoms with Crippen LogP contribution < -0.4 is 0 Å². The molecule has 0 radical (unpaired) electrons. The number of phenolic OH excluding ortho intramolecular Hbond substituents is 2. The van der Waals surface area contributed by atoms with Crippen LogP contribution in [-0.2, 0) is 0 Å². The number of nitrogens with zero attached hydrogens (tertiary/aromatic N) is 3. The molecule has 24 heavy (non-hydrogen) atoms. The Morgan fingerprint density at radius 2 is 2.00 bits per heavy atom. The average molecular weight is 319 g/mol. The van der Waals surface area contributed by atoms with Crippen LogP contribution in [0.4, 0.5) is 5.82 Å². The molecule has 0 aliphatic carbocycles.